The first-order chi connectivity index (χ1) is 10.2. The Morgan fingerprint density at radius 1 is 1.00 bits per heavy atom. The summed E-state index contributed by atoms with van der Waals surface area (Å²) in [6.45, 7) is 4.99. The second-order valence-corrected chi connectivity index (χ2v) is 5.33. The van der Waals surface area contributed by atoms with Gasteiger partial charge in [0.25, 0.3) is 0 Å². The highest BCUT2D eigenvalue weighted by atomic mass is 16.7. The average molecular weight is 306 g/mol. The molecule has 0 radical (unpaired) electrons. The van der Waals surface area contributed by atoms with Crippen molar-refractivity contribution < 1.29 is 29.2 Å². The molecule has 0 unspecified atom stereocenters. The fraction of sp³-hybridized carbons (Fsp3) is 1.00. The SMILES string of the molecule is CCCCO[C@H]1[C@H](OC)O[C@H](CO)[C@@H](O)[C@@H]1OCCCC. The van der Waals surface area contributed by atoms with Gasteiger partial charge < -0.3 is 29.2 Å². The Balaban J connectivity index is 2.72. The first-order valence-electron chi connectivity index (χ1n) is 7.89. The molecule has 2 N–H and O–H groups in total. The zero-order chi connectivity index (χ0) is 15.7. The quantitative estimate of drug-likeness (QED) is 0.588. The third kappa shape index (κ3) is 5.47. The summed E-state index contributed by atoms with van der Waals surface area (Å²) in [4.78, 5) is 0. The van der Waals surface area contributed by atoms with Crippen molar-refractivity contribution in [2.45, 2.75) is 70.2 Å². The van der Waals surface area contributed by atoms with Crippen LogP contribution in [0.1, 0.15) is 39.5 Å². The molecule has 0 spiro atoms. The minimum absolute atomic E-state index is 0.281. The van der Waals surface area contributed by atoms with E-state index in [4.69, 9.17) is 18.9 Å². The standard InChI is InChI=1S/C15H30O6/c1-4-6-8-19-13-12(17)11(10-16)21-15(18-3)14(13)20-9-7-5-2/h11-17H,4-10H2,1-3H3/t11-,12-,13+,14-,15-/m1/s1. The normalized spacial score (nSPS) is 33.3. The van der Waals surface area contributed by atoms with Gasteiger partial charge in [-0.1, -0.05) is 26.7 Å². The van der Waals surface area contributed by atoms with Crippen molar-refractivity contribution in [1.29, 1.82) is 0 Å². The largest absolute Gasteiger partial charge is 0.394 e. The van der Waals surface area contributed by atoms with Crippen LogP contribution in [0.4, 0.5) is 0 Å². The van der Waals surface area contributed by atoms with E-state index >= 15 is 0 Å². The number of ether oxygens (including phenoxy) is 4. The van der Waals surface area contributed by atoms with Crippen LogP contribution in [0.5, 0.6) is 0 Å². The van der Waals surface area contributed by atoms with E-state index in [9.17, 15) is 10.2 Å². The maximum Gasteiger partial charge on any atom is 0.186 e. The number of methoxy groups -OCH3 is 1. The summed E-state index contributed by atoms with van der Waals surface area (Å²) >= 11 is 0. The Labute approximate surface area is 127 Å². The third-order valence-electron chi connectivity index (χ3n) is 3.65. The van der Waals surface area contributed by atoms with E-state index < -0.39 is 30.7 Å². The molecule has 0 aromatic carbocycles. The summed E-state index contributed by atoms with van der Waals surface area (Å²) in [7, 11) is 1.52. The molecule has 126 valence electrons. The van der Waals surface area contributed by atoms with Gasteiger partial charge >= 0.3 is 0 Å². The van der Waals surface area contributed by atoms with Gasteiger partial charge in [0, 0.05) is 20.3 Å². The van der Waals surface area contributed by atoms with Gasteiger partial charge in [-0.3, -0.25) is 0 Å². The van der Waals surface area contributed by atoms with E-state index in [1.165, 1.54) is 7.11 Å². The Bertz CT molecular complexity index is 263. The highest BCUT2D eigenvalue weighted by molar-refractivity contribution is 4.91. The zero-order valence-corrected chi connectivity index (χ0v) is 13.4. The maximum atomic E-state index is 10.3. The maximum absolute atomic E-state index is 10.3. The first-order valence-corrected chi connectivity index (χ1v) is 7.89. The molecule has 0 saturated carbocycles. The van der Waals surface area contributed by atoms with Crippen LogP contribution in [0.25, 0.3) is 0 Å². The summed E-state index contributed by atoms with van der Waals surface area (Å²) in [5.41, 5.74) is 0. The van der Waals surface area contributed by atoms with Crippen LogP contribution in [-0.2, 0) is 18.9 Å². The van der Waals surface area contributed by atoms with Crippen molar-refractivity contribution in [3.8, 4) is 0 Å². The molecule has 1 saturated heterocycles. The van der Waals surface area contributed by atoms with Crippen LogP contribution in [0.3, 0.4) is 0 Å². The molecule has 0 aromatic rings. The molecule has 1 heterocycles. The van der Waals surface area contributed by atoms with Crippen molar-refractivity contribution in [2.24, 2.45) is 0 Å². The van der Waals surface area contributed by atoms with Gasteiger partial charge in [-0.2, -0.15) is 0 Å². The highest BCUT2D eigenvalue weighted by Gasteiger charge is 2.46. The number of aliphatic hydroxyl groups excluding tert-OH is 2. The van der Waals surface area contributed by atoms with Gasteiger partial charge in [0.1, 0.15) is 24.4 Å². The minimum Gasteiger partial charge on any atom is -0.394 e. The topological polar surface area (TPSA) is 77.4 Å². The lowest BCUT2D eigenvalue weighted by Gasteiger charge is -2.43. The van der Waals surface area contributed by atoms with Crippen LogP contribution >= 0.6 is 0 Å². The molecule has 1 fully saturated rings. The predicted octanol–water partition coefficient (Wildman–Crippen LogP) is 1.08. The molecule has 21 heavy (non-hydrogen) atoms. The Morgan fingerprint density at radius 2 is 1.57 bits per heavy atom. The van der Waals surface area contributed by atoms with E-state index in [0.29, 0.717) is 13.2 Å². The van der Waals surface area contributed by atoms with E-state index in [-0.39, 0.29) is 6.61 Å². The van der Waals surface area contributed by atoms with Crippen molar-refractivity contribution in [1.82, 2.24) is 0 Å². The van der Waals surface area contributed by atoms with Crippen molar-refractivity contribution >= 4 is 0 Å². The third-order valence-corrected chi connectivity index (χ3v) is 3.65. The van der Waals surface area contributed by atoms with E-state index in [2.05, 4.69) is 13.8 Å². The molecule has 5 atom stereocenters. The number of hydrogen-bond acceptors (Lipinski definition) is 6. The van der Waals surface area contributed by atoms with Crippen LogP contribution in [0.2, 0.25) is 0 Å². The molecule has 0 aliphatic carbocycles. The molecule has 0 aromatic heterocycles. The number of hydrogen-bond donors (Lipinski definition) is 2. The molecule has 0 amide bonds. The average Bonchev–Trinajstić information content (AvgIpc) is 2.50. The summed E-state index contributed by atoms with van der Waals surface area (Å²) in [5.74, 6) is 0. The van der Waals surface area contributed by atoms with Crippen molar-refractivity contribution in [2.75, 3.05) is 26.9 Å². The monoisotopic (exact) mass is 306 g/mol. The molecule has 0 bridgehead atoms. The summed E-state index contributed by atoms with van der Waals surface area (Å²) in [5, 5.41) is 19.7. The Morgan fingerprint density at radius 3 is 2.05 bits per heavy atom. The molecular formula is C15H30O6. The van der Waals surface area contributed by atoms with Crippen LogP contribution in [0, 0.1) is 0 Å². The second-order valence-electron chi connectivity index (χ2n) is 5.33. The Kier molecular flexibility index (Phi) is 9.39. The summed E-state index contributed by atoms with van der Waals surface area (Å²) in [6.07, 6.45) is 0.542. The number of unbranched alkanes of at least 4 members (excludes halogenated alkanes) is 2. The van der Waals surface area contributed by atoms with Gasteiger partial charge in [-0.25, -0.2) is 0 Å². The second kappa shape index (κ2) is 10.5. The van der Waals surface area contributed by atoms with Gasteiger partial charge in [-0.15, -0.1) is 0 Å². The zero-order valence-electron chi connectivity index (χ0n) is 13.4. The van der Waals surface area contributed by atoms with Crippen LogP contribution < -0.4 is 0 Å². The number of aliphatic hydroxyl groups is 2. The smallest absolute Gasteiger partial charge is 0.186 e. The molecule has 1 rings (SSSR count). The number of rotatable bonds is 10. The summed E-state index contributed by atoms with van der Waals surface area (Å²) in [6, 6.07) is 0. The lowest BCUT2D eigenvalue weighted by molar-refractivity contribution is -0.310. The highest BCUT2D eigenvalue weighted by Crippen LogP contribution is 2.26. The molecule has 1 aliphatic rings. The lowest BCUT2D eigenvalue weighted by Crippen LogP contribution is -2.60. The Hall–Kier alpha value is -0.240. The molecule has 6 heteroatoms. The molecular weight excluding hydrogens is 276 g/mol. The van der Waals surface area contributed by atoms with Gasteiger partial charge in [0.2, 0.25) is 0 Å². The van der Waals surface area contributed by atoms with Crippen molar-refractivity contribution in [3.63, 3.8) is 0 Å². The summed E-state index contributed by atoms with van der Waals surface area (Å²) < 4.78 is 22.5. The van der Waals surface area contributed by atoms with Crippen LogP contribution in [-0.4, -0.2) is 67.8 Å². The predicted molar refractivity (Wildman–Crippen MR) is 78.1 cm³/mol. The van der Waals surface area contributed by atoms with Gasteiger partial charge in [0.15, 0.2) is 6.29 Å². The fourth-order valence-corrected chi connectivity index (χ4v) is 2.33. The van der Waals surface area contributed by atoms with Crippen LogP contribution in [0.15, 0.2) is 0 Å². The van der Waals surface area contributed by atoms with Crippen molar-refractivity contribution in [3.05, 3.63) is 0 Å². The van der Waals surface area contributed by atoms with E-state index in [1.54, 1.807) is 0 Å². The van der Waals surface area contributed by atoms with E-state index in [1.807, 2.05) is 0 Å². The molecule has 1 aliphatic heterocycles. The van der Waals surface area contributed by atoms with Gasteiger partial charge in [0.05, 0.1) is 6.61 Å². The first kappa shape index (κ1) is 18.8. The lowest BCUT2D eigenvalue weighted by atomic mass is 9.98. The van der Waals surface area contributed by atoms with E-state index in [0.717, 1.165) is 25.7 Å². The molecule has 6 nitrogen and oxygen atoms in total. The van der Waals surface area contributed by atoms with Gasteiger partial charge in [-0.05, 0) is 12.8 Å². The minimum atomic E-state index is -0.926. The fourth-order valence-electron chi connectivity index (χ4n) is 2.33.